The third kappa shape index (κ3) is 4.66. The quantitative estimate of drug-likeness (QED) is 0.364. The van der Waals surface area contributed by atoms with Crippen LogP contribution < -0.4 is 9.80 Å². The van der Waals surface area contributed by atoms with Gasteiger partial charge in [0.15, 0.2) is 0 Å². The van der Waals surface area contributed by atoms with Crippen molar-refractivity contribution in [3.05, 3.63) is 84.9 Å². The number of hydrogen-bond acceptors (Lipinski definition) is 5. The second kappa shape index (κ2) is 12.0. The molecule has 2 aromatic rings. The number of para-hydroxylation sites is 2. The van der Waals surface area contributed by atoms with Crippen LogP contribution >= 0.6 is 11.6 Å². The number of anilines is 2. The van der Waals surface area contributed by atoms with E-state index in [0.29, 0.717) is 35.7 Å². The number of halogens is 1. The van der Waals surface area contributed by atoms with Crippen molar-refractivity contribution in [2.24, 2.45) is 11.8 Å². The van der Waals surface area contributed by atoms with Crippen LogP contribution in [-0.4, -0.2) is 71.2 Å². The standard InChI is InChI=1S/C33H38ClN3O5/c1-4-19-35(23-13-8-7-9-14-23)29(39)26-27-30(40)37(21-12-22-38)28(33(27)18-17-32(26,6-3)42-33)31(41)36(20-5-2)25-16-11-10-15-24(25)34/h4-5,7-11,13-16,26-28,38H,1-2,6,12,17-22H2,3H3/t26-,27-,28?,32+,33?/m0/s1. The highest BCUT2D eigenvalue weighted by atomic mass is 35.5. The summed E-state index contributed by atoms with van der Waals surface area (Å²) in [6, 6.07) is 15.4. The number of fused-ring (bicyclic) bond motifs is 1. The van der Waals surface area contributed by atoms with Gasteiger partial charge in [-0.15, -0.1) is 13.2 Å². The monoisotopic (exact) mass is 591 g/mol. The van der Waals surface area contributed by atoms with Crippen molar-refractivity contribution in [1.29, 1.82) is 0 Å². The predicted octanol–water partition coefficient (Wildman–Crippen LogP) is 4.62. The fourth-order valence-corrected chi connectivity index (χ4v) is 7.57. The molecule has 3 heterocycles. The van der Waals surface area contributed by atoms with Crippen LogP contribution in [0, 0.1) is 11.8 Å². The van der Waals surface area contributed by atoms with Gasteiger partial charge in [0.1, 0.15) is 11.6 Å². The number of rotatable bonds is 12. The third-order valence-electron chi connectivity index (χ3n) is 9.10. The van der Waals surface area contributed by atoms with Gasteiger partial charge in [-0.1, -0.05) is 61.0 Å². The smallest absolute Gasteiger partial charge is 0.253 e. The summed E-state index contributed by atoms with van der Waals surface area (Å²) in [7, 11) is 0. The molecule has 0 saturated carbocycles. The fraction of sp³-hybridized carbons (Fsp3) is 0.424. The van der Waals surface area contributed by atoms with Crippen LogP contribution in [-0.2, 0) is 19.1 Å². The van der Waals surface area contributed by atoms with Crippen LogP contribution in [0.2, 0.25) is 5.02 Å². The molecule has 222 valence electrons. The van der Waals surface area contributed by atoms with E-state index in [1.807, 2.05) is 37.3 Å². The predicted molar refractivity (Wildman–Crippen MR) is 163 cm³/mol. The Bertz CT molecular complexity index is 1370. The van der Waals surface area contributed by atoms with E-state index in [1.54, 1.807) is 41.3 Å². The van der Waals surface area contributed by atoms with Crippen LogP contribution in [0.4, 0.5) is 11.4 Å². The lowest BCUT2D eigenvalue weighted by atomic mass is 9.64. The van der Waals surface area contributed by atoms with E-state index >= 15 is 0 Å². The van der Waals surface area contributed by atoms with Crippen LogP contribution in [0.1, 0.15) is 32.6 Å². The maximum Gasteiger partial charge on any atom is 0.253 e. The molecule has 1 N–H and O–H groups in total. The molecule has 9 heteroatoms. The van der Waals surface area contributed by atoms with Gasteiger partial charge < -0.3 is 24.5 Å². The van der Waals surface area contributed by atoms with Gasteiger partial charge >= 0.3 is 0 Å². The van der Waals surface area contributed by atoms with E-state index in [4.69, 9.17) is 16.3 Å². The summed E-state index contributed by atoms with van der Waals surface area (Å²) >= 11 is 6.54. The maximum atomic E-state index is 14.6. The number of likely N-dealkylation sites (tertiary alicyclic amines) is 1. The molecule has 3 aliphatic heterocycles. The first kappa shape index (κ1) is 30.0. The maximum absolute atomic E-state index is 14.6. The zero-order valence-corrected chi connectivity index (χ0v) is 24.7. The largest absolute Gasteiger partial charge is 0.396 e. The molecule has 3 saturated heterocycles. The molecule has 0 aliphatic carbocycles. The number of benzene rings is 2. The van der Waals surface area contributed by atoms with Crippen molar-refractivity contribution in [1.82, 2.24) is 4.90 Å². The van der Waals surface area contributed by atoms with Crippen LogP contribution in [0.25, 0.3) is 0 Å². The molecule has 0 aromatic heterocycles. The van der Waals surface area contributed by atoms with Gasteiger partial charge in [0.25, 0.3) is 5.91 Å². The molecule has 5 atom stereocenters. The van der Waals surface area contributed by atoms with E-state index in [0.717, 1.165) is 0 Å². The molecule has 42 heavy (non-hydrogen) atoms. The van der Waals surface area contributed by atoms with Gasteiger partial charge in [0.05, 0.1) is 28.1 Å². The summed E-state index contributed by atoms with van der Waals surface area (Å²) in [6.07, 6.45) is 5.10. The number of hydrogen-bond donors (Lipinski definition) is 1. The molecule has 0 radical (unpaired) electrons. The van der Waals surface area contributed by atoms with Crippen LogP contribution in [0.5, 0.6) is 0 Å². The topological polar surface area (TPSA) is 90.4 Å². The Balaban J connectivity index is 1.62. The first-order valence-corrected chi connectivity index (χ1v) is 14.9. The number of nitrogens with zero attached hydrogens (tertiary/aromatic N) is 3. The first-order chi connectivity index (χ1) is 20.3. The number of carbonyl (C=O) groups is 3. The summed E-state index contributed by atoms with van der Waals surface area (Å²) in [5.74, 6) is -2.49. The summed E-state index contributed by atoms with van der Waals surface area (Å²) in [5, 5.41) is 10.1. The minimum atomic E-state index is -1.20. The van der Waals surface area contributed by atoms with Gasteiger partial charge in [-0.2, -0.15) is 0 Å². The average molecular weight is 592 g/mol. The van der Waals surface area contributed by atoms with Crippen molar-refractivity contribution < 1.29 is 24.2 Å². The Labute approximate surface area is 252 Å². The Morgan fingerprint density at radius 3 is 2.36 bits per heavy atom. The third-order valence-corrected chi connectivity index (χ3v) is 9.42. The van der Waals surface area contributed by atoms with E-state index in [-0.39, 0.29) is 50.4 Å². The molecular weight excluding hydrogens is 554 g/mol. The number of ether oxygens (including phenoxy) is 1. The molecule has 3 aliphatic rings. The Morgan fingerprint density at radius 2 is 1.71 bits per heavy atom. The highest BCUT2D eigenvalue weighted by Crippen LogP contribution is 2.64. The van der Waals surface area contributed by atoms with Crippen molar-refractivity contribution >= 4 is 40.7 Å². The molecule has 2 aromatic carbocycles. The van der Waals surface area contributed by atoms with Crippen molar-refractivity contribution in [2.45, 2.75) is 49.9 Å². The molecule has 2 bridgehead atoms. The molecular formula is C33H38ClN3O5. The van der Waals surface area contributed by atoms with Gasteiger partial charge in [0.2, 0.25) is 11.8 Å². The van der Waals surface area contributed by atoms with Gasteiger partial charge in [-0.25, -0.2) is 0 Å². The van der Waals surface area contributed by atoms with Crippen molar-refractivity contribution in [3.8, 4) is 0 Å². The first-order valence-electron chi connectivity index (χ1n) is 14.6. The summed E-state index contributed by atoms with van der Waals surface area (Å²) in [4.78, 5) is 48.3. The Morgan fingerprint density at radius 1 is 1.05 bits per heavy atom. The second-order valence-corrected chi connectivity index (χ2v) is 11.6. The summed E-state index contributed by atoms with van der Waals surface area (Å²) in [5.41, 5.74) is -0.875. The average Bonchev–Trinajstić information content (AvgIpc) is 3.61. The molecule has 5 rings (SSSR count). The van der Waals surface area contributed by atoms with Gasteiger partial charge in [-0.05, 0) is 49.9 Å². The highest BCUT2D eigenvalue weighted by Gasteiger charge is 2.79. The lowest BCUT2D eigenvalue weighted by Gasteiger charge is -2.37. The highest BCUT2D eigenvalue weighted by molar-refractivity contribution is 6.34. The Hall–Kier alpha value is -3.46. The molecule has 3 fully saturated rings. The van der Waals surface area contributed by atoms with Crippen LogP contribution in [0.15, 0.2) is 79.9 Å². The van der Waals surface area contributed by atoms with E-state index in [2.05, 4.69) is 13.2 Å². The number of aliphatic hydroxyl groups excluding tert-OH is 1. The van der Waals surface area contributed by atoms with Crippen LogP contribution in [0.3, 0.4) is 0 Å². The minimum absolute atomic E-state index is 0.146. The van der Waals surface area contributed by atoms with E-state index in [9.17, 15) is 19.5 Å². The zero-order chi connectivity index (χ0) is 30.1. The Kier molecular flexibility index (Phi) is 8.60. The molecule has 1 spiro atoms. The lowest BCUT2D eigenvalue weighted by molar-refractivity contribution is -0.146. The summed E-state index contributed by atoms with van der Waals surface area (Å²) < 4.78 is 6.92. The number of aliphatic hydroxyl groups is 1. The second-order valence-electron chi connectivity index (χ2n) is 11.2. The van der Waals surface area contributed by atoms with E-state index < -0.39 is 29.1 Å². The SMILES string of the molecule is C=CCN(C(=O)[C@@H]1[C@H]2C(=O)N(CCCO)C(C(=O)N(CC=C)c3ccccc3Cl)C23CC[C@@]1(CC)O3)c1ccccc1. The normalized spacial score (nSPS) is 27.5. The zero-order valence-electron chi connectivity index (χ0n) is 24.0. The molecule has 3 amide bonds. The van der Waals surface area contributed by atoms with Crippen molar-refractivity contribution in [2.75, 3.05) is 36.0 Å². The molecule has 8 nitrogen and oxygen atoms in total. The fourth-order valence-electron chi connectivity index (χ4n) is 7.34. The molecule has 2 unspecified atom stereocenters. The van der Waals surface area contributed by atoms with Gasteiger partial charge in [-0.3, -0.25) is 14.4 Å². The minimum Gasteiger partial charge on any atom is -0.396 e. The van der Waals surface area contributed by atoms with Crippen molar-refractivity contribution in [3.63, 3.8) is 0 Å². The number of carbonyl (C=O) groups excluding carboxylic acids is 3. The summed E-state index contributed by atoms with van der Waals surface area (Å²) in [6.45, 7) is 10.1. The lowest BCUT2D eigenvalue weighted by Crippen LogP contribution is -2.56. The number of amides is 3. The van der Waals surface area contributed by atoms with E-state index in [1.165, 1.54) is 9.80 Å². The van der Waals surface area contributed by atoms with Gasteiger partial charge in [0, 0.05) is 31.9 Å².